The lowest BCUT2D eigenvalue weighted by Gasteiger charge is -2.32. The number of aliphatic hydroxyl groups is 1. The summed E-state index contributed by atoms with van der Waals surface area (Å²) in [6.07, 6.45) is 1.16. The topological polar surface area (TPSA) is 89.4 Å². The van der Waals surface area contributed by atoms with Crippen molar-refractivity contribution in [1.82, 2.24) is 15.0 Å². The Morgan fingerprint density at radius 2 is 2.11 bits per heavy atom. The molecule has 7 nitrogen and oxygen atoms in total. The number of nitrogens with zero attached hydrogens (tertiary/aromatic N) is 3. The van der Waals surface area contributed by atoms with Crippen LogP contribution in [0.3, 0.4) is 0 Å². The minimum Gasteiger partial charge on any atom is -0.464 e. The van der Waals surface area contributed by atoms with Crippen molar-refractivity contribution in [2.75, 3.05) is 31.7 Å². The molecule has 1 aliphatic rings. The van der Waals surface area contributed by atoms with Crippen molar-refractivity contribution in [3.8, 4) is 6.01 Å². The third-order valence-electron chi connectivity index (χ3n) is 2.86. The van der Waals surface area contributed by atoms with Crippen molar-refractivity contribution < 1.29 is 14.6 Å². The number of hydrogen-bond donors (Lipinski definition) is 2. The molecule has 0 atom stereocenters. The summed E-state index contributed by atoms with van der Waals surface area (Å²) in [5, 5.41) is 13.3. The van der Waals surface area contributed by atoms with Crippen LogP contribution in [-0.2, 0) is 4.74 Å². The quantitative estimate of drug-likeness (QED) is 0.831. The SMILES string of the molecule is CCOc1nc(Cl)nc(NCC2(O)CCOCC2)n1. The molecule has 0 aromatic carbocycles. The first kappa shape index (κ1) is 14.2. The molecule has 0 unspecified atom stereocenters. The van der Waals surface area contributed by atoms with E-state index in [1.165, 1.54) is 0 Å². The summed E-state index contributed by atoms with van der Waals surface area (Å²) in [6, 6.07) is 0.170. The van der Waals surface area contributed by atoms with Gasteiger partial charge in [0.2, 0.25) is 11.2 Å². The molecule has 2 N–H and O–H groups in total. The van der Waals surface area contributed by atoms with Gasteiger partial charge in [-0.3, -0.25) is 0 Å². The van der Waals surface area contributed by atoms with E-state index in [-0.39, 0.29) is 11.3 Å². The van der Waals surface area contributed by atoms with Gasteiger partial charge in [0.25, 0.3) is 0 Å². The fourth-order valence-corrected chi connectivity index (χ4v) is 1.93. The molecule has 0 saturated carbocycles. The summed E-state index contributed by atoms with van der Waals surface area (Å²) in [6.45, 7) is 3.72. The summed E-state index contributed by atoms with van der Waals surface area (Å²) < 4.78 is 10.4. The second-order valence-corrected chi connectivity index (χ2v) is 4.67. The van der Waals surface area contributed by atoms with Crippen LogP contribution in [0.5, 0.6) is 6.01 Å². The predicted octanol–water partition coefficient (Wildman–Crippen LogP) is 0.877. The number of halogens is 1. The van der Waals surface area contributed by atoms with Crippen LogP contribution in [0.15, 0.2) is 0 Å². The normalized spacial score (nSPS) is 18.1. The van der Waals surface area contributed by atoms with Crippen LogP contribution in [0.4, 0.5) is 5.95 Å². The van der Waals surface area contributed by atoms with E-state index in [9.17, 15) is 5.11 Å². The second-order valence-electron chi connectivity index (χ2n) is 4.33. The molecule has 0 radical (unpaired) electrons. The molecular weight excluding hydrogens is 272 g/mol. The van der Waals surface area contributed by atoms with Crippen LogP contribution in [-0.4, -0.2) is 52.0 Å². The van der Waals surface area contributed by atoms with Crippen molar-refractivity contribution in [1.29, 1.82) is 0 Å². The molecule has 1 aromatic heterocycles. The molecule has 1 saturated heterocycles. The number of aromatic nitrogens is 3. The Hall–Kier alpha value is -1.18. The minimum absolute atomic E-state index is 0.0555. The van der Waals surface area contributed by atoms with E-state index >= 15 is 0 Å². The number of rotatable bonds is 5. The zero-order valence-corrected chi connectivity index (χ0v) is 11.5. The van der Waals surface area contributed by atoms with Crippen LogP contribution in [0, 0.1) is 0 Å². The van der Waals surface area contributed by atoms with E-state index in [0.717, 1.165) is 0 Å². The van der Waals surface area contributed by atoms with Gasteiger partial charge < -0.3 is 19.9 Å². The van der Waals surface area contributed by atoms with Crippen LogP contribution in [0.25, 0.3) is 0 Å². The van der Waals surface area contributed by atoms with E-state index in [2.05, 4.69) is 20.3 Å². The van der Waals surface area contributed by atoms with Crippen LogP contribution >= 0.6 is 11.6 Å². The molecule has 19 heavy (non-hydrogen) atoms. The maximum absolute atomic E-state index is 10.3. The smallest absolute Gasteiger partial charge is 0.322 e. The molecule has 2 heterocycles. The highest BCUT2D eigenvalue weighted by Gasteiger charge is 2.29. The maximum Gasteiger partial charge on any atom is 0.322 e. The van der Waals surface area contributed by atoms with Crippen LogP contribution in [0.2, 0.25) is 5.28 Å². The van der Waals surface area contributed by atoms with E-state index in [1.807, 2.05) is 6.92 Å². The van der Waals surface area contributed by atoms with E-state index < -0.39 is 5.60 Å². The monoisotopic (exact) mass is 288 g/mol. The predicted molar refractivity (Wildman–Crippen MR) is 69.5 cm³/mol. The van der Waals surface area contributed by atoms with Crippen LogP contribution < -0.4 is 10.1 Å². The molecule has 0 amide bonds. The highest BCUT2D eigenvalue weighted by atomic mass is 35.5. The Bertz CT molecular complexity index is 426. The number of ether oxygens (including phenoxy) is 2. The summed E-state index contributed by atoms with van der Waals surface area (Å²) >= 11 is 5.78. The molecule has 0 aliphatic carbocycles. The largest absolute Gasteiger partial charge is 0.464 e. The third-order valence-corrected chi connectivity index (χ3v) is 3.03. The lowest BCUT2D eigenvalue weighted by atomic mass is 9.94. The van der Waals surface area contributed by atoms with Gasteiger partial charge in [0.1, 0.15) is 0 Å². The summed E-state index contributed by atoms with van der Waals surface area (Å²) in [7, 11) is 0. The molecule has 0 bridgehead atoms. The molecular formula is C11H17ClN4O3. The Labute approximate surface area is 116 Å². The van der Waals surface area contributed by atoms with Crippen LogP contribution in [0.1, 0.15) is 19.8 Å². The van der Waals surface area contributed by atoms with Gasteiger partial charge >= 0.3 is 6.01 Å². The van der Waals surface area contributed by atoms with Gasteiger partial charge in [-0.15, -0.1) is 0 Å². The van der Waals surface area contributed by atoms with Crippen molar-refractivity contribution in [2.45, 2.75) is 25.4 Å². The Morgan fingerprint density at radius 3 is 2.79 bits per heavy atom. The zero-order chi connectivity index (χ0) is 13.7. The molecule has 8 heteroatoms. The van der Waals surface area contributed by atoms with Gasteiger partial charge in [-0.2, -0.15) is 15.0 Å². The van der Waals surface area contributed by atoms with Gasteiger partial charge in [-0.1, -0.05) is 0 Å². The fourth-order valence-electron chi connectivity index (χ4n) is 1.78. The lowest BCUT2D eigenvalue weighted by Crippen LogP contribution is -2.42. The molecule has 2 rings (SSSR count). The first-order chi connectivity index (χ1) is 9.11. The Morgan fingerprint density at radius 1 is 1.37 bits per heavy atom. The molecule has 1 aliphatic heterocycles. The standard InChI is InChI=1S/C11H17ClN4O3/c1-2-19-10-15-8(12)14-9(16-10)13-7-11(17)3-5-18-6-4-11/h17H,2-7H2,1H3,(H,13,14,15,16). The van der Waals surface area contributed by atoms with Gasteiger partial charge in [0.15, 0.2) is 0 Å². The van der Waals surface area contributed by atoms with E-state index in [0.29, 0.717) is 45.2 Å². The Balaban J connectivity index is 1.98. The fraction of sp³-hybridized carbons (Fsp3) is 0.727. The molecule has 1 aromatic rings. The highest BCUT2D eigenvalue weighted by Crippen LogP contribution is 2.21. The van der Waals surface area contributed by atoms with Crippen molar-refractivity contribution in [3.63, 3.8) is 0 Å². The van der Waals surface area contributed by atoms with E-state index in [4.69, 9.17) is 21.1 Å². The summed E-state index contributed by atoms with van der Waals surface area (Å²) in [4.78, 5) is 11.8. The highest BCUT2D eigenvalue weighted by molar-refractivity contribution is 6.28. The van der Waals surface area contributed by atoms with Crippen molar-refractivity contribution in [3.05, 3.63) is 5.28 Å². The number of anilines is 1. The molecule has 1 fully saturated rings. The molecule has 106 valence electrons. The minimum atomic E-state index is -0.802. The van der Waals surface area contributed by atoms with Gasteiger partial charge in [-0.05, 0) is 18.5 Å². The summed E-state index contributed by atoms with van der Waals surface area (Å²) in [5.74, 6) is 0.295. The lowest BCUT2D eigenvalue weighted by molar-refractivity contribution is -0.0544. The third kappa shape index (κ3) is 4.15. The van der Waals surface area contributed by atoms with E-state index in [1.54, 1.807) is 0 Å². The average molecular weight is 289 g/mol. The van der Waals surface area contributed by atoms with Gasteiger partial charge in [0.05, 0.1) is 12.2 Å². The van der Waals surface area contributed by atoms with Gasteiger partial charge in [0, 0.05) is 32.6 Å². The number of nitrogens with one attached hydrogen (secondary N) is 1. The van der Waals surface area contributed by atoms with Crippen molar-refractivity contribution >= 4 is 17.5 Å². The average Bonchev–Trinajstić information content (AvgIpc) is 2.37. The Kier molecular flexibility index (Phi) is 4.73. The van der Waals surface area contributed by atoms with Crippen molar-refractivity contribution in [2.24, 2.45) is 0 Å². The first-order valence-corrected chi connectivity index (χ1v) is 6.57. The summed E-state index contributed by atoms with van der Waals surface area (Å²) in [5.41, 5.74) is -0.802. The molecule has 0 spiro atoms. The second kappa shape index (κ2) is 6.31. The number of hydrogen-bond acceptors (Lipinski definition) is 7. The maximum atomic E-state index is 10.3. The first-order valence-electron chi connectivity index (χ1n) is 6.20. The van der Waals surface area contributed by atoms with Gasteiger partial charge in [-0.25, -0.2) is 0 Å². The zero-order valence-electron chi connectivity index (χ0n) is 10.7.